The Balaban J connectivity index is 1.86. The number of hydrogen-bond acceptors (Lipinski definition) is 6. The van der Waals surface area contributed by atoms with Gasteiger partial charge in [-0.15, -0.1) is 0 Å². The van der Waals surface area contributed by atoms with Gasteiger partial charge in [0.15, 0.2) is 11.5 Å². The van der Waals surface area contributed by atoms with E-state index in [0.717, 1.165) is 39.0 Å². The average Bonchev–Trinajstić information content (AvgIpc) is 2.85. The number of nitrogens with zero attached hydrogens (tertiary/aromatic N) is 3. The van der Waals surface area contributed by atoms with Crippen molar-refractivity contribution in [3.63, 3.8) is 0 Å². The number of nitrogens with two attached hydrogens (primary N) is 1. The van der Waals surface area contributed by atoms with Crippen LogP contribution in [0.25, 0.3) is 11.2 Å². The summed E-state index contributed by atoms with van der Waals surface area (Å²) in [5, 5.41) is 3.20. The molecule has 0 unspecified atom stereocenters. The Morgan fingerprint density at radius 3 is 2.83 bits per heavy atom. The molecular weight excluding hydrogens is 308 g/mol. The zero-order chi connectivity index (χ0) is 17.1. The van der Waals surface area contributed by atoms with Crippen LogP contribution in [0.15, 0.2) is 4.79 Å². The SMILES string of the molecule is CC(C)CCNc1nc(N)c2[nH]c(=O)n(CC3CCOCC3)c2n1. The first-order chi connectivity index (χ1) is 11.5. The summed E-state index contributed by atoms with van der Waals surface area (Å²) in [6.07, 6.45) is 2.93. The summed E-state index contributed by atoms with van der Waals surface area (Å²) >= 11 is 0. The molecule has 1 fully saturated rings. The lowest BCUT2D eigenvalue weighted by Crippen LogP contribution is -2.26. The number of rotatable bonds is 6. The van der Waals surface area contributed by atoms with Gasteiger partial charge in [-0.2, -0.15) is 9.97 Å². The highest BCUT2D eigenvalue weighted by molar-refractivity contribution is 5.82. The molecule has 0 aliphatic carbocycles. The molecule has 8 nitrogen and oxygen atoms in total. The number of imidazole rings is 1. The Kier molecular flexibility index (Phi) is 5.03. The van der Waals surface area contributed by atoms with E-state index >= 15 is 0 Å². The normalized spacial score (nSPS) is 16.1. The Hall–Kier alpha value is -2.09. The molecule has 2 aromatic rings. The van der Waals surface area contributed by atoms with Gasteiger partial charge in [0.25, 0.3) is 0 Å². The number of aromatic amines is 1. The minimum Gasteiger partial charge on any atom is -0.382 e. The number of fused-ring (bicyclic) bond motifs is 1. The number of H-pyrrole nitrogens is 1. The van der Waals surface area contributed by atoms with E-state index in [4.69, 9.17) is 10.5 Å². The van der Waals surface area contributed by atoms with Crippen LogP contribution in [0.5, 0.6) is 0 Å². The highest BCUT2D eigenvalue weighted by atomic mass is 16.5. The van der Waals surface area contributed by atoms with E-state index in [1.807, 2.05) is 0 Å². The molecule has 0 atom stereocenters. The second-order valence-electron chi connectivity index (χ2n) is 6.84. The predicted molar refractivity (Wildman–Crippen MR) is 94.0 cm³/mol. The van der Waals surface area contributed by atoms with Crippen molar-refractivity contribution >= 4 is 22.9 Å². The van der Waals surface area contributed by atoms with Gasteiger partial charge in [0, 0.05) is 26.3 Å². The van der Waals surface area contributed by atoms with E-state index in [1.165, 1.54) is 0 Å². The molecule has 0 spiro atoms. The maximum Gasteiger partial charge on any atom is 0.327 e. The predicted octanol–water partition coefficient (Wildman–Crippen LogP) is 1.59. The van der Waals surface area contributed by atoms with Gasteiger partial charge >= 0.3 is 5.69 Å². The van der Waals surface area contributed by atoms with Crippen molar-refractivity contribution in [1.29, 1.82) is 0 Å². The van der Waals surface area contributed by atoms with Crippen molar-refractivity contribution in [3.05, 3.63) is 10.5 Å². The van der Waals surface area contributed by atoms with Crippen molar-refractivity contribution < 1.29 is 4.74 Å². The molecule has 3 heterocycles. The number of nitrogen functional groups attached to an aromatic ring is 1. The molecule has 8 heteroatoms. The Morgan fingerprint density at radius 2 is 2.12 bits per heavy atom. The molecule has 1 aliphatic rings. The standard InChI is InChI=1S/C16H26N6O2/c1-10(2)3-6-18-15-20-13(17)12-14(21-15)22(16(23)19-12)9-11-4-7-24-8-5-11/h10-11H,3-9H2,1-2H3,(H,19,23)(H3,17,18,20,21). The first-order valence-corrected chi connectivity index (χ1v) is 8.62. The van der Waals surface area contributed by atoms with Crippen LogP contribution >= 0.6 is 0 Å². The summed E-state index contributed by atoms with van der Waals surface area (Å²) in [5.74, 6) is 1.79. The highest BCUT2D eigenvalue weighted by Gasteiger charge is 2.19. The third-order valence-electron chi connectivity index (χ3n) is 4.44. The zero-order valence-electron chi connectivity index (χ0n) is 14.3. The highest BCUT2D eigenvalue weighted by Crippen LogP contribution is 2.21. The quantitative estimate of drug-likeness (QED) is 0.740. The van der Waals surface area contributed by atoms with Crippen LogP contribution in [0.1, 0.15) is 33.1 Å². The van der Waals surface area contributed by atoms with E-state index in [9.17, 15) is 4.79 Å². The van der Waals surface area contributed by atoms with E-state index in [0.29, 0.717) is 41.3 Å². The monoisotopic (exact) mass is 334 g/mol. The summed E-state index contributed by atoms with van der Waals surface area (Å²) in [6.45, 7) is 7.23. The summed E-state index contributed by atoms with van der Waals surface area (Å²) in [6, 6.07) is 0. The van der Waals surface area contributed by atoms with Crippen molar-refractivity contribution in [2.24, 2.45) is 11.8 Å². The van der Waals surface area contributed by atoms with Crippen molar-refractivity contribution in [3.8, 4) is 0 Å². The Labute approximate surface area is 140 Å². The van der Waals surface area contributed by atoms with Gasteiger partial charge in [-0.25, -0.2) is 4.79 Å². The number of hydrogen-bond donors (Lipinski definition) is 3. The lowest BCUT2D eigenvalue weighted by molar-refractivity contribution is 0.0613. The van der Waals surface area contributed by atoms with Crippen LogP contribution < -0.4 is 16.7 Å². The molecule has 132 valence electrons. The van der Waals surface area contributed by atoms with Crippen LogP contribution in [-0.2, 0) is 11.3 Å². The number of nitrogens with one attached hydrogen (secondary N) is 2. The molecular formula is C16H26N6O2. The third-order valence-corrected chi connectivity index (χ3v) is 4.44. The van der Waals surface area contributed by atoms with Gasteiger partial charge in [0.2, 0.25) is 5.95 Å². The Morgan fingerprint density at radius 1 is 1.38 bits per heavy atom. The van der Waals surface area contributed by atoms with Crippen LogP contribution in [-0.4, -0.2) is 39.3 Å². The van der Waals surface area contributed by atoms with Crippen LogP contribution in [0, 0.1) is 11.8 Å². The summed E-state index contributed by atoms with van der Waals surface area (Å²) in [7, 11) is 0. The van der Waals surface area contributed by atoms with Gasteiger partial charge in [0.1, 0.15) is 5.52 Å². The average molecular weight is 334 g/mol. The van der Waals surface area contributed by atoms with E-state index in [2.05, 4.69) is 34.1 Å². The molecule has 1 saturated heterocycles. The summed E-state index contributed by atoms with van der Waals surface area (Å²) < 4.78 is 7.07. The number of aromatic nitrogens is 4. The Bertz CT molecular complexity index is 745. The maximum atomic E-state index is 12.3. The van der Waals surface area contributed by atoms with Gasteiger partial charge < -0.3 is 20.8 Å². The molecule has 0 aromatic carbocycles. The van der Waals surface area contributed by atoms with E-state index < -0.39 is 0 Å². The van der Waals surface area contributed by atoms with Crippen molar-refractivity contribution in [1.82, 2.24) is 19.5 Å². The molecule has 0 radical (unpaired) electrons. The van der Waals surface area contributed by atoms with Crippen LogP contribution in [0.3, 0.4) is 0 Å². The molecule has 4 N–H and O–H groups in total. The minimum atomic E-state index is -0.183. The smallest absolute Gasteiger partial charge is 0.327 e. The van der Waals surface area contributed by atoms with E-state index in [1.54, 1.807) is 4.57 Å². The summed E-state index contributed by atoms with van der Waals surface area (Å²) in [5.41, 5.74) is 6.92. The van der Waals surface area contributed by atoms with E-state index in [-0.39, 0.29) is 5.69 Å². The van der Waals surface area contributed by atoms with Gasteiger partial charge in [-0.05, 0) is 31.1 Å². The fourth-order valence-electron chi connectivity index (χ4n) is 2.96. The second-order valence-corrected chi connectivity index (χ2v) is 6.84. The lowest BCUT2D eigenvalue weighted by Gasteiger charge is -2.22. The molecule has 0 bridgehead atoms. The summed E-state index contributed by atoms with van der Waals surface area (Å²) in [4.78, 5) is 23.9. The molecule has 24 heavy (non-hydrogen) atoms. The fraction of sp³-hybridized carbons (Fsp3) is 0.688. The van der Waals surface area contributed by atoms with Crippen molar-refractivity contribution in [2.45, 2.75) is 39.7 Å². The first-order valence-electron chi connectivity index (χ1n) is 8.62. The third kappa shape index (κ3) is 3.69. The van der Waals surface area contributed by atoms with Gasteiger partial charge in [0.05, 0.1) is 0 Å². The van der Waals surface area contributed by atoms with Gasteiger partial charge in [-0.1, -0.05) is 13.8 Å². The minimum absolute atomic E-state index is 0.183. The van der Waals surface area contributed by atoms with Crippen LogP contribution in [0.4, 0.5) is 11.8 Å². The molecule has 1 aliphatic heterocycles. The van der Waals surface area contributed by atoms with Crippen molar-refractivity contribution in [2.75, 3.05) is 30.8 Å². The number of anilines is 2. The largest absolute Gasteiger partial charge is 0.382 e. The van der Waals surface area contributed by atoms with Gasteiger partial charge in [-0.3, -0.25) is 4.57 Å². The first kappa shape index (κ1) is 16.8. The maximum absolute atomic E-state index is 12.3. The lowest BCUT2D eigenvalue weighted by atomic mass is 10.0. The fourth-order valence-corrected chi connectivity index (χ4v) is 2.96. The molecule has 3 rings (SSSR count). The zero-order valence-corrected chi connectivity index (χ0v) is 14.3. The second kappa shape index (κ2) is 7.21. The van der Waals surface area contributed by atoms with Crippen LogP contribution in [0.2, 0.25) is 0 Å². The molecule has 0 saturated carbocycles. The number of ether oxygens (including phenoxy) is 1. The molecule has 0 amide bonds. The molecule has 2 aromatic heterocycles. The topological polar surface area (TPSA) is 111 Å².